The van der Waals surface area contributed by atoms with Gasteiger partial charge in [0.1, 0.15) is 11.3 Å². The number of anilines is 1. The van der Waals surface area contributed by atoms with E-state index in [0.717, 1.165) is 42.2 Å². The van der Waals surface area contributed by atoms with E-state index in [1.54, 1.807) is 7.11 Å². The van der Waals surface area contributed by atoms with E-state index in [-0.39, 0.29) is 11.5 Å². The van der Waals surface area contributed by atoms with Crippen LogP contribution in [-0.2, 0) is 12.8 Å². The molecular formula is C21H28N4O3. The van der Waals surface area contributed by atoms with Crippen LogP contribution < -0.4 is 20.5 Å². The lowest BCUT2D eigenvalue weighted by atomic mass is 10.0. The van der Waals surface area contributed by atoms with Gasteiger partial charge in [-0.25, -0.2) is 5.10 Å². The standard InChI is InChI=1S/C21H28N4O3/c1-4-15-16(5-2)23-24-21(27)19(15)20(26)22-12-14-10-11-25(13-14)17-8-6-7-9-18(17)28-3/h6-9,14H,4-5,10-13H2,1-3H3,(H,22,26)(H,24,27). The largest absolute Gasteiger partial charge is 0.495 e. The molecule has 2 aromatic rings. The van der Waals surface area contributed by atoms with Crippen molar-refractivity contribution >= 4 is 11.6 Å². The van der Waals surface area contributed by atoms with Crippen molar-refractivity contribution in [2.45, 2.75) is 33.1 Å². The smallest absolute Gasteiger partial charge is 0.277 e. The summed E-state index contributed by atoms with van der Waals surface area (Å²) < 4.78 is 5.45. The zero-order valence-electron chi connectivity index (χ0n) is 16.7. The molecule has 28 heavy (non-hydrogen) atoms. The van der Waals surface area contributed by atoms with Crippen LogP contribution in [0.1, 0.15) is 41.9 Å². The first kappa shape index (κ1) is 19.9. The third-order valence-corrected chi connectivity index (χ3v) is 5.35. The Morgan fingerprint density at radius 2 is 2.11 bits per heavy atom. The van der Waals surface area contributed by atoms with Crippen molar-refractivity contribution in [3.63, 3.8) is 0 Å². The van der Waals surface area contributed by atoms with Crippen LogP contribution in [0.4, 0.5) is 5.69 Å². The number of para-hydroxylation sites is 2. The van der Waals surface area contributed by atoms with Gasteiger partial charge in [0.2, 0.25) is 0 Å². The molecule has 1 aliphatic rings. The molecule has 0 radical (unpaired) electrons. The Morgan fingerprint density at radius 3 is 2.82 bits per heavy atom. The molecule has 3 rings (SSSR count). The average Bonchev–Trinajstić information content (AvgIpc) is 3.20. The third-order valence-electron chi connectivity index (χ3n) is 5.35. The van der Waals surface area contributed by atoms with Gasteiger partial charge in [-0.15, -0.1) is 0 Å². The Bertz CT molecular complexity index is 893. The summed E-state index contributed by atoms with van der Waals surface area (Å²) in [6, 6.07) is 7.96. The first-order valence-corrected chi connectivity index (χ1v) is 9.85. The summed E-state index contributed by atoms with van der Waals surface area (Å²) in [5.74, 6) is 0.867. The van der Waals surface area contributed by atoms with Gasteiger partial charge < -0.3 is 15.0 Å². The van der Waals surface area contributed by atoms with Crippen LogP contribution in [0.5, 0.6) is 5.75 Å². The predicted octanol–water partition coefficient (Wildman–Crippen LogP) is 2.16. The monoisotopic (exact) mass is 384 g/mol. The molecule has 2 N–H and O–H groups in total. The lowest BCUT2D eigenvalue weighted by Crippen LogP contribution is -2.36. The summed E-state index contributed by atoms with van der Waals surface area (Å²) in [7, 11) is 1.68. The van der Waals surface area contributed by atoms with Gasteiger partial charge in [-0.3, -0.25) is 9.59 Å². The summed E-state index contributed by atoms with van der Waals surface area (Å²) >= 11 is 0. The highest BCUT2D eigenvalue weighted by atomic mass is 16.5. The van der Waals surface area contributed by atoms with Gasteiger partial charge in [-0.2, -0.15) is 5.10 Å². The van der Waals surface area contributed by atoms with E-state index in [9.17, 15) is 9.59 Å². The second-order valence-corrected chi connectivity index (χ2v) is 7.04. The van der Waals surface area contributed by atoms with Crippen molar-refractivity contribution in [2.24, 2.45) is 5.92 Å². The Morgan fingerprint density at radius 1 is 1.32 bits per heavy atom. The van der Waals surface area contributed by atoms with E-state index < -0.39 is 5.56 Å². The quantitative estimate of drug-likeness (QED) is 0.764. The zero-order chi connectivity index (χ0) is 20.1. The van der Waals surface area contributed by atoms with E-state index >= 15 is 0 Å². The topological polar surface area (TPSA) is 87.3 Å². The molecule has 1 unspecified atom stereocenters. The van der Waals surface area contributed by atoms with Crippen LogP contribution in [-0.4, -0.2) is 42.8 Å². The SMILES string of the molecule is CCc1n[nH]c(=O)c(C(=O)NCC2CCN(c3ccccc3OC)C2)c1CC. The van der Waals surface area contributed by atoms with Crippen molar-refractivity contribution in [3.8, 4) is 5.75 Å². The van der Waals surface area contributed by atoms with E-state index in [4.69, 9.17) is 4.74 Å². The molecule has 1 aromatic carbocycles. The number of methoxy groups -OCH3 is 1. The lowest BCUT2D eigenvalue weighted by molar-refractivity contribution is 0.0945. The fraction of sp³-hybridized carbons (Fsp3) is 0.476. The maximum absolute atomic E-state index is 12.7. The molecule has 1 saturated heterocycles. The van der Waals surface area contributed by atoms with Gasteiger partial charge in [0, 0.05) is 19.6 Å². The highest BCUT2D eigenvalue weighted by molar-refractivity contribution is 5.95. The van der Waals surface area contributed by atoms with Crippen LogP contribution in [0.3, 0.4) is 0 Å². The Hall–Kier alpha value is -2.83. The fourth-order valence-electron chi connectivity index (χ4n) is 3.87. The first-order chi connectivity index (χ1) is 13.6. The highest BCUT2D eigenvalue weighted by Crippen LogP contribution is 2.31. The van der Waals surface area contributed by atoms with Crippen molar-refractivity contribution < 1.29 is 9.53 Å². The number of carbonyl (C=O) groups is 1. The van der Waals surface area contributed by atoms with Crippen molar-refractivity contribution in [1.29, 1.82) is 0 Å². The molecule has 7 heteroatoms. The molecule has 1 aromatic heterocycles. The van der Waals surface area contributed by atoms with Crippen molar-refractivity contribution in [1.82, 2.24) is 15.5 Å². The molecule has 0 saturated carbocycles. The first-order valence-electron chi connectivity index (χ1n) is 9.85. The molecule has 1 amide bonds. The normalized spacial score (nSPS) is 16.2. The summed E-state index contributed by atoms with van der Waals surface area (Å²) in [6.45, 7) is 6.20. The van der Waals surface area contributed by atoms with Crippen LogP contribution in [0.2, 0.25) is 0 Å². The zero-order valence-corrected chi connectivity index (χ0v) is 16.7. The number of H-pyrrole nitrogens is 1. The van der Waals surface area contributed by atoms with Crippen LogP contribution in [0.15, 0.2) is 29.1 Å². The lowest BCUT2D eigenvalue weighted by Gasteiger charge is -2.21. The number of aromatic amines is 1. The number of rotatable bonds is 7. The molecule has 1 aliphatic heterocycles. The van der Waals surface area contributed by atoms with Crippen molar-refractivity contribution in [3.05, 3.63) is 51.4 Å². The number of hydrogen-bond donors (Lipinski definition) is 2. The molecule has 150 valence electrons. The second kappa shape index (κ2) is 8.91. The Balaban J connectivity index is 1.66. The number of nitrogens with one attached hydrogen (secondary N) is 2. The molecule has 1 fully saturated rings. The summed E-state index contributed by atoms with van der Waals surface area (Å²) in [6.07, 6.45) is 2.26. The van der Waals surface area contributed by atoms with Gasteiger partial charge in [-0.1, -0.05) is 26.0 Å². The van der Waals surface area contributed by atoms with Gasteiger partial charge in [-0.05, 0) is 42.9 Å². The number of benzene rings is 1. The second-order valence-electron chi connectivity index (χ2n) is 7.04. The molecule has 0 bridgehead atoms. The van der Waals surface area contributed by atoms with Gasteiger partial charge in [0.15, 0.2) is 0 Å². The number of nitrogens with zero attached hydrogens (tertiary/aromatic N) is 2. The van der Waals surface area contributed by atoms with Crippen LogP contribution >= 0.6 is 0 Å². The number of ether oxygens (including phenoxy) is 1. The average molecular weight is 384 g/mol. The van der Waals surface area contributed by atoms with Crippen LogP contribution in [0.25, 0.3) is 0 Å². The molecule has 0 spiro atoms. The van der Waals surface area contributed by atoms with E-state index in [1.165, 1.54) is 0 Å². The fourth-order valence-corrected chi connectivity index (χ4v) is 3.87. The molecule has 0 aliphatic carbocycles. The summed E-state index contributed by atoms with van der Waals surface area (Å²) in [5.41, 5.74) is 2.37. The molecule has 2 heterocycles. The van der Waals surface area contributed by atoms with Crippen molar-refractivity contribution in [2.75, 3.05) is 31.6 Å². The highest BCUT2D eigenvalue weighted by Gasteiger charge is 2.26. The minimum atomic E-state index is -0.423. The van der Waals surface area contributed by atoms with E-state index in [2.05, 4.69) is 26.5 Å². The number of hydrogen-bond acceptors (Lipinski definition) is 5. The molecular weight excluding hydrogens is 356 g/mol. The minimum Gasteiger partial charge on any atom is -0.495 e. The summed E-state index contributed by atoms with van der Waals surface area (Å²) in [4.78, 5) is 27.2. The predicted molar refractivity (Wildman–Crippen MR) is 109 cm³/mol. The maximum Gasteiger partial charge on any atom is 0.277 e. The maximum atomic E-state index is 12.7. The minimum absolute atomic E-state index is 0.203. The van der Waals surface area contributed by atoms with Gasteiger partial charge in [0.25, 0.3) is 11.5 Å². The Kier molecular flexibility index (Phi) is 6.34. The molecule has 1 atom stereocenters. The molecule has 7 nitrogen and oxygen atoms in total. The Labute approximate surface area is 165 Å². The summed E-state index contributed by atoms with van der Waals surface area (Å²) in [5, 5.41) is 9.49. The van der Waals surface area contributed by atoms with E-state index in [0.29, 0.717) is 25.3 Å². The van der Waals surface area contributed by atoms with E-state index in [1.807, 2.05) is 32.0 Å². The van der Waals surface area contributed by atoms with Crippen LogP contribution in [0, 0.1) is 5.92 Å². The number of aromatic nitrogens is 2. The number of amides is 1. The third kappa shape index (κ3) is 4.03. The number of aryl methyl sites for hydroxylation is 1. The number of carbonyl (C=O) groups excluding carboxylic acids is 1. The van der Waals surface area contributed by atoms with Gasteiger partial charge >= 0.3 is 0 Å². The van der Waals surface area contributed by atoms with Gasteiger partial charge in [0.05, 0.1) is 18.5 Å².